The van der Waals surface area contributed by atoms with Crippen molar-refractivity contribution in [3.05, 3.63) is 47.5 Å². The number of methoxy groups -OCH3 is 1. The number of rotatable bonds is 7. The summed E-state index contributed by atoms with van der Waals surface area (Å²) >= 11 is 0. The molecule has 1 heterocycles. The molecule has 0 bridgehead atoms. The van der Waals surface area contributed by atoms with E-state index in [9.17, 15) is 9.90 Å². The van der Waals surface area contributed by atoms with Crippen LogP contribution >= 0.6 is 21.6 Å². The number of ether oxygens (including phenoxy) is 1. The monoisotopic (exact) mass is 432 g/mol. The highest BCUT2D eigenvalue weighted by Crippen LogP contribution is 2.39. The zero-order valence-electron chi connectivity index (χ0n) is 17.6. The van der Waals surface area contributed by atoms with Crippen molar-refractivity contribution in [2.45, 2.75) is 25.0 Å². The van der Waals surface area contributed by atoms with Crippen LogP contribution in [0.4, 0.5) is 11.4 Å². The van der Waals surface area contributed by atoms with Gasteiger partial charge in [-0.1, -0.05) is 39.8 Å². The number of hydrogen-bond acceptors (Lipinski definition) is 6. The lowest BCUT2D eigenvalue weighted by atomic mass is 10.1. The van der Waals surface area contributed by atoms with Gasteiger partial charge in [0.15, 0.2) is 11.5 Å². The Hall–Kier alpha value is -1.99. The molecule has 7 heteroatoms. The van der Waals surface area contributed by atoms with Crippen LogP contribution in [0.3, 0.4) is 0 Å². The molecule has 5 nitrogen and oxygen atoms in total. The molecule has 0 saturated carbocycles. The first-order valence-corrected chi connectivity index (χ1v) is 12.1. The summed E-state index contributed by atoms with van der Waals surface area (Å²) in [6, 6.07) is 11.3. The molecule has 1 aliphatic heterocycles. The van der Waals surface area contributed by atoms with E-state index in [-0.39, 0.29) is 16.4 Å². The van der Waals surface area contributed by atoms with Crippen LogP contribution in [-0.4, -0.2) is 49.3 Å². The number of carbonyl (C=O) groups excluding carboxylic acids is 1. The van der Waals surface area contributed by atoms with Crippen molar-refractivity contribution in [1.29, 1.82) is 0 Å². The minimum absolute atomic E-state index is 0.0235. The zero-order chi connectivity index (χ0) is 21.2. The number of phenolic OH excluding ortho intramolecular Hbond substituents is 1. The number of para-hydroxylation sites is 1. The van der Waals surface area contributed by atoms with Crippen molar-refractivity contribution in [3.63, 3.8) is 0 Å². The molecule has 1 amide bonds. The number of fused-ring (bicyclic) bond motifs is 1. The molecule has 1 aliphatic rings. The minimum Gasteiger partial charge on any atom is -0.504 e. The molecule has 156 valence electrons. The lowest BCUT2D eigenvalue weighted by Crippen LogP contribution is -2.36. The number of anilines is 2. The Bertz CT molecular complexity index is 902. The summed E-state index contributed by atoms with van der Waals surface area (Å²) in [6.07, 6.45) is 2.91. The molecule has 0 saturated heterocycles. The van der Waals surface area contributed by atoms with Gasteiger partial charge in [-0.2, -0.15) is 0 Å². The first kappa shape index (κ1) is 21.7. The predicted octanol–water partition coefficient (Wildman–Crippen LogP) is 4.83. The fraction of sp³-hybridized carbons (Fsp3) is 0.409. The Morgan fingerprint density at radius 2 is 2.03 bits per heavy atom. The smallest absolute Gasteiger partial charge is 0.260 e. The van der Waals surface area contributed by atoms with Crippen LogP contribution < -0.4 is 14.5 Å². The number of phenols is 1. The molecule has 2 aromatic rings. The van der Waals surface area contributed by atoms with E-state index in [2.05, 4.69) is 26.2 Å². The summed E-state index contributed by atoms with van der Waals surface area (Å²) in [4.78, 5) is 17.4. The summed E-state index contributed by atoms with van der Waals surface area (Å²) in [5.74, 6) is 0.254. The van der Waals surface area contributed by atoms with E-state index in [0.29, 0.717) is 23.5 Å². The fourth-order valence-electron chi connectivity index (χ4n) is 3.81. The molecule has 1 N–H and O–H groups in total. The quantitative estimate of drug-likeness (QED) is 0.633. The molecule has 0 unspecified atom stereocenters. The molecule has 0 atom stereocenters. The van der Waals surface area contributed by atoms with Crippen LogP contribution in [0.25, 0.3) is 0 Å². The average molecular weight is 433 g/mol. The van der Waals surface area contributed by atoms with Crippen molar-refractivity contribution < 1.29 is 14.6 Å². The topological polar surface area (TPSA) is 53.0 Å². The first-order valence-electron chi connectivity index (χ1n) is 9.51. The van der Waals surface area contributed by atoms with Crippen molar-refractivity contribution in [2.75, 3.05) is 43.3 Å². The molecular formula is C22H28N2O3S2. The van der Waals surface area contributed by atoms with Gasteiger partial charge in [0.05, 0.1) is 18.4 Å². The van der Waals surface area contributed by atoms with Gasteiger partial charge < -0.3 is 19.6 Å². The van der Waals surface area contributed by atoms with Gasteiger partial charge in [-0.05, 0) is 44.2 Å². The molecular weight excluding hydrogens is 404 g/mol. The molecule has 3 rings (SSSR count). The zero-order valence-corrected chi connectivity index (χ0v) is 19.2. The largest absolute Gasteiger partial charge is 0.504 e. The normalized spacial score (nSPS) is 13.3. The number of aromatic hydroxyl groups is 1. The highest BCUT2D eigenvalue weighted by atomic mass is 33.1. The van der Waals surface area contributed by atoms with Gasteiger partial charge in [-0.3, -0.25) is 4.79 Å². The summed E-state index contributed by atoms with van der Waals surface area (Å²) in [5.41, 5.74) is 3.37. The number of nitrogens with zero attached hydrogens (tertiary/aromatic N) is 2. The third-order valence-corrected chi connectivity index (χ3v) is 7.60. The lowest BCUT2D eigenvalue weighted by molar-refractivity contribution is 0.0989. The Morgan fingerprint density at radius 1 is 1.31 bits per heavy atom. The third kappa shape index (κ3) is 4.61. The summed E-state index contributed by atoms with van der Waals surface area (Å²) in [5, 5.41) is 10.4. The van der Waals surface area contributed by atoms with Crippen molar-refractivity contribution in [1.82, 2.24) is 0 Å². The second kappa shape index (κ2) is 8.79. The molecule has 0 fully saturated rings. The van der Waals surface area contributed by atoms with Crippen molar-refractivity contribution in [3.8, 4) is 11.5 Å². The van der Waals surface area contributed by atoms with Gasteiger partial charge in [0.25, 0.3) is 5.91 Å². The van der Waals surface area contributed by atoms with E-state index in [1.165, 1.54) is 12.7 Å². The highest BCUT2D eigenvalue weighted by Gasteiger charge is 2.30. The summed E-state index contributed by atoms with van der Waals surface area (Å²) < 4.78 is 5.27. The van der Waals surface area contributed by atoms with Crippen LogP contribution in [0, 0.1) is 0 Å². The molecule has 0 spiro atoms. The van der Waals surface area contributed by atoms with Crippen LogP contribution in [0.5, 0.6) is 11.5 Å². The van der Waals surface area contributed by atoms with Gasteiger partial charge in [-0.15, -0.1) is 0 Å². The van der Waals surface area contributed by atoms with E-state index < -0.39 is 0 Å². The van der Waals surface area contributed by atoms with Gasteiger partial charge >= 0.3 is 0 Å². The molecule has 0 aromatic heterocycles. The summed E-state index contributed by atoms with van der Waals surface area (Å²) in [6.45, 7) is 5.72. The van der Waals surface area contributed by atoms with Gasteiger partial charge in [-0.25, -0.2) is 0 Å². The first-order chi connectivity index (χ1) is 13.8. The van der Waals surface area contributed by atoms with Crippen molar-refractivity contribution >= 4 is 38.9 Å². The molecule has 0 aliphatic carbocycles. The number of carbonyl (C=O) groups is 1. The number of hydrogen-bond donors (Lipinski definition) is 1. The maximum absolute atomic E-state index is 13.6. The van der Waals surface area contributed by atoms with Gasteiger partial charge in [0.2, 0.25) is 0 Å². The van der Waals surface area contributed by atoms with Gasteiger partial charge in [0.1, 0.15) is 0 Å². The van der Waals surface area contributed by atoms with E-state index in [0.717, 1.165) is 18.7 Å². The average Bonchev–Trinajstić information content (AvgIpc) is 3.10. The maximum Gasteiger partial charge on any atom is 0.260 e. The van der Waals surface area contributed by atoms with Crippen LogP contribution in [0.2, 0.25) is 0 Å². The SMILES string of the molecule is COc1cc(C(=O)N2CCc3ccccc32)c(N(C)CC(C)(C)SSC)cc1O. The predicted molar refractivity (Wildman–Crippen MR) is 125 cm³/mol. The Balaban J connectivity index is 2.00. The third-order valence-electron chi connectivity index (χ3n) is 5.00. The molecule has 0 radical (unpaired) electrons. The van der Waals surface area contributed by atoms with Crippen molar-refractivity contribution in [2.24, 2.45) is 0 Å². The minimum atomic E-state index is -0.0783. The van der Waals surface area contributed by atoms with E-state index >= 15 is 0 Å². The lowest BCUT2D eigenvalue weighted by Gasteiger charge is -2.32. The van der Waals surface area contributed by atoms with E-state index in [1.54, 1.807) is 33.7 Å². The van der Waals surface area contributed by atoms with Crippen LogP contribution in [-0.2, 0) is 6.42 Å². The van der Waals surface area contributed by atoms with Crippen LogP contribution in [0.15, 0.2) is 36.4 Å². The Kier molecular flexibility index (Phi) is 6.58. The van der Waals surface area contributed by atoms with E-state index in [4.69, 9.17) is 4.74 Å². The molecule has 2 aromatic carbocycles. The standard InChI is InChI=1S/C22H28N2O3S2/c1-22(2,29-28-5)14-23(3)18-13-19(25)20(27-4)12-16(18)21(26)24-11-10-15-8-6-7-9-17(15)24/h6-9,12-13,25H,10-11,14H2,1-5H3. The Labute approximate surface area is 180 Å². The van der Waals surface area contributed by atoms with E-state index in [1.807, 2.05) is 35.0 Å². The fourth-order valence-corrected chi connectivity index (χ4v) is 6.02. The van der Waals surface area contributed by atoms with Crippen LogP contribution in [0.1, 0.15) is 29.8 Å². The summed E-state index contributed by atoms with van der Waals surface area (Å²) in [7, 11) is 6.97. The second-order valence-corrected chi connectivity index (χ2v) is 10.8. The Morgan fingerprint density at radius 3 is 2.72 bits per heavy atom. The number of amides is 1. The maximum atomic E-state index is 13.6. The molecule has 29 heavy (non-hydrogen) atoms. The second-order valence-electron chi connectivity index (χ2n) is 7.74. The number of benzene rings is 2. The van der Waals surface area contributed by atoms with Gasteiger partial charge in [0, 0.05) is 36.6 Å². The highest BCUT2D eigenvalue weighted by molar-refractivity contribution is 8.77.